The molecule has 0 fully saturated rings. The number of benzene rings is 3. The highest BCUT2D eigenvalue weighted by molar-refractivity contribution is 6.32. The van der Waals surface area contributed by atoms with E-state index in [4.69, 9.17) is 20.8 Å². The van der Waals surface area contributed by atoms with Crippen LogP contribution in [0.2, 0.25) is 5.02 Å². The number of halogens is 1. The fourth-order valence-electron chi connectivity index (χ4n) is 2.84. The summed E-state index contributed by atoms with van der Waals surface area (Å²) >= 11 is 6.21. The smallest absolute Gasteiger partial charge is 0.145 e. The van der Waals surface area contributed by atoms with Crippen LogP contribution < -0.4 is 4.74 Å². The molecule has 0 aliphatic rings. The number of furan rings is 1. The molecule has 0 bridgehead atoms. The van der Waals surface area contributed by atoms with E-state index in [9.17, 15) is 0 Å². The molecule has 0 unspecified atom stereocenters. The van der Waals surface area contributed by atoms with E-state index in [1.54, 1.807) is 7.11 Å². The molecule has 1 aromatic heterocycles. The highest BCUT2D eigenvalue weighted by Crippen LogP contribution is 2.38. The molecule has 0 aliphatic carbocycles. The van der Waals surface area contributed by atoms with Gasteiger partial charge in [-0.1, -0.05) is 48.0 Å². The van der Waals surface area contributed by atoms with E-state index in [0.29, 0.717) is 10.8 Å². The van der Waals surface area contributed by atoms with Crippen LogP contribution in [0, 0.1) is 0 Å². The minimum Gasteiger partial charge on any atom is -0.495 e. The minimum absolute atomic E-state index is 0.602. The predicted molar refractivity (Wildman–Crippen MR) is 90.7 cm³/mol. The van der Waals surface area contributed by atoms with E-state index < -0.39 is 0 Å². The van der Waals surface area contributed by atoms with Crippen molar-refractivity contribution in [3.05, 3.63) is 65.7 Å². The molecule has 0 saturated heterocycles. The largest absolute Gasteiger partial charge is 0.495 e. The van der Waals surface area contributed by atoms with Gasteiger partial charge >= 0.3 is 0 Å². The Morgan fingerprint density at radius 2 is 1.68 bits per heavy atom. The normalized spacial score (nSPS) is 11.2. The Kier molecular flexibility index (Phi) is 3.05. The molecule has 4 rings (SSSR count). The van der Waals surface area contributed by atoms with Crippen LogP contribution in [0.1, 0.15) is 0 Å². The molecule has 3 aromatic carbocycles. The second-order valence-electron chi connectivity index (χ2n) is 5.13. The van der Waals surface area contributed by atoms with Gasteiger partial charge < -0.3 is 9.15 Å². The molecule has 0 aliphatic heterocycles. The number of hydrogen-bond acceptors (Lipinski definition) is 2. The lowest BCUT2D eigenvalue weighted by Gasteiger charge is -2.10. The number of fused-ring (bicyclic) bond motifs is 3. The van der Waals surface area contributed by atoms with E-state index in [0.717, 1.165) is 33.1 Å². The van der Waals surface area contributed by atoms with Crippen molar-refractivity contribution < 1.29 is 9.15 Å². The molecule has 0 atom stereocenters. The zero-order chi connectivity index (χ0) is 15.1. The number of methoxy groups -OCH3 is 1. The third-order valence-corrected chi connectivity index (χ3v) is 4.16. The third kappa shape index (κ3) is 1.96. The van der Waals surface area contributed by atoms with Gasteiger partial charge in [-0.15, -0.1) is 0 Å². The zero-order valence-corrected chi connectivity index (χ0v) is 12.7. The highest BCUT2D eigenvalue weighted by Gasteiger charge is 2.12. The summed E-state index contributed by atoms with van der Waals surface area (Å²) in [5.74, 6) is 0.680. The van der Waals surface area contributed by atoms with E-state index in [1.165, 1.54) is 0 Å². The second kappa shape index (κ2) is 5.08. The first-order valence-electron chi connectivity index (χ1n) is 7.02. The van der Waals surface area contributed by atoms with Crippen LogP contribution in [0.4, 0.5) is 0 Å². The molecular weight excluding hydrogens is 296 g/mol. The average molecular weight is 309 g/mol. The van der Waals surface area contributed by atoms with Crippen molar-refractivity contribution in [2.75, 3.05) is 7.11 Å². The molecule has 108 valence electrons. The van der Waals surface area contributed by atoms with Gasteiger partial charge in [0.05, 0.1) is 12.1 Å². The average Bonchev–Trinajstić information content (AvgIpc) is 2.92. The quantitative estimate of drug-likeness (QED) is 0.459. The molecule has 22 heavy (non-hydrogen) atoms. The maximum Gasteiger partial charge on any atom is 0.145 e. The predicted octanol–water partition coefficient (Wildman–Crippen LogP) is 5.92. The highest BCUT2D eigenvalue weighted by atomic mass is 35.5. The van der Waals surface area contributed by atoms with Crippen molar-refractivity contribution in [1.82, 2.24) is 0 Å². The fraction of sp³-hybridized carbons (Fsp3) is 0.0526. The minimum atomic E-state index is 0.602. The standard InChI is InChI=1S/C19H13ClO2/c1-21-19-13(6-4-7-16(19)20)12-9-10-15-14-5-2-3-8-17(14)22-18(15)11-12/h2-11H,1H3. The molecule has 0 saturated carbocycles. The van der Waals surface area contributed by atoms with Crippen LogP contribution in [0.3, 0.4) is 0 Å². The molecule has 1 heterocycles. The Hall–Kier alpha value is -2.45. The molecule has 0 spiro atoms. The Morgan fingerprint density at radius 3 is 2.55 bits per heavy atom. The second-order valence-corrected chi connectivity index (χ2v) is 5.54. The first-order valence-corrected chi connectivity index (χ1v) is 7.40. The number of ether oxygens (including phenoxy) is 1. The van der Waals surface area contributed by atoms with E-state index in [1.807, 2.05) is 42.5 Å². The van der Waals surface area contributed by atoms with Crippen LogP contribution in [0.15, 0.2) is 65.1 Å². The van der Waals surface area contributed by atoms with Crippen molar-refractivity contribution in [3.8, 4) is 16.9 Å². The lowest BCUT2D eigenvalue weighted by atomic mass is 10.0. The van der Waals surface area contributed by atoms with E-state index in [-0.39, 0.29) is 0 Å². The van der Waals surface area contributed by atoms with Gasteiger partial charge in [0.1, 0.15) is 16.9 Å². The SMILES string of the molecule is COc1c(Cl)cccc1-c1ccc2c(c1)oc1ccccc12. The number of rotatable bonds is 2. The summed E-state index contributed by atoms with van der Waals surface area (Å²) in [6, 6.07) is 20.0. The first kappa shape index (κ1) is 13.2. The summed E-state index contributed by atoms with van der Waals surface area (Å²) in [6.07, 6.45) is 0. The Bertz CT molecular complexity index is 985. The molecule has 0 radical (unpaired) electrons. The summed E-state index contributed by atoms with van der Waals surface area (Å²) in [6.45, 7) is 0. The monoisotopic (exact) mass is 308 g/mol. The third-order valence-electron chi connectivity index (χ3n) is 3.86. The zero-order valence-electron chi connectivity index (χ0n) is 12.0. The van der Waals surface area contributed by atoms with Crippen molar-refractivity contribution in [2.24, 2.45) is 0 Å². The van der Waals surface area contributed by atoms with E-state index in [2.05, 4.69) is 18.2 Å². The molecule has 3 heteroatoms. The lowest BCUT2D eigenvalue weighted by molar-refractivity contribution is 0.416. The Labute approximate surface area is 132 Å². The summed E-state index contributed by atoms with van der Waals surface area (Å²) in [4.78, 5) is 0. The maximum absolute atomic E-state index is 6.21. The molecule has 0 N–H and O–H groups in total. The number of hydrogen-bond donors (Lipinski definition) is 0. The van der Waals surface area contributed by atoms with Crippen molar-refractivity contribution >= 4 is 33.5 Å². The topological polar surface area (TPSA) is 22.4 Å². The van der Waals surface area contributed by atoms with Crippen molar-refractivity contribution in [2.45, 2.75) is 0 Å². The summed E-state index contributed by atoms with van der Waals surface area (Å²) in [5, 5.41) is 2.84. The first-order chi connectivity index (χ1) is 10.8. The Morgan fingerprint density at radius 1 is 0.864 bits per heavy atom. The van der Waals surface area contributed by atoms with Crippen LogP contribution in [0.5, 0.6) is 5.75 Å². The Balaban J connectivity index is 1.97. The fourth-order valence-corrected chi connectivity index (χ4v) is 3.09. The van der Waals surface area contributed by atoms with Crippen molar-refractivity contribution in [3.63, 3.8) is 0 Å². The van der Waals surface area contributed by atoms with Crippen LogP contribution in [-0.2, 0) is 0 Å². The maximum atomic E-state index is 6.21. The lowest BCUT2D eigenvalue weighted by Crippen LogP contribution is -1.88. The summed E-state index contributed by atoms with van der Waals surface area (Å²) in [7, 11) is 1.63. The van der Waals surface area contributed by atoms with Gasteiger partial charge in [-0.25, -0.2) is 0 Å². The van der Waals surface area contributed by atoms with Crippen LogP contribution >= 0.6 is 11.6 Å². The molecular formula is C19H13ClO2. The van der Waals surface area contributed by atoms with Gasteiger partial charge in [0.2, 0.25) is 0 Å². The van der Waals surface area contributed by atoms with E-state index >= 15 is 0 Å². The van der Waals surface area contributed by atoms with Gasteiger partial charge in [-0.2, -0.15) is 0 Å². The van der Waals surface area contributed by atoms with Gasteiger partial charge in [0.15, 0.2) is 0 Å². The van der Waals surface area contributed by atoms with Gasteiger partial charge in [-0.3, -0.25) is 0 Å². The van der Waals surface area contributed by atoms with Crippen LogP contribution in [-0.4, -0.2) is 7.11 Å². The molecule has 4 aromatic rings. The summed E-state index contributed by atoms with van der Waals surface area (Å²) < 4.78 is 11.4. The summed E-state index contributed by atoms with van der Waals surface area (Å²) in [5.41, 5.74) is 3.73. The van der Waals surface area contributed by atoms with Crippen molar-refractivity contribution in [1.29, 1.82) is 0 Å². The number of para-hydroxylation sites is 2. The van der Waals surface area contributed by atoms with Gasteiger partial charge in [0.25, 0.3) is 0 Å². The van der Waals surface area contributed by atoms with Crippen LogP contribution in [0.25, 0.3) is 33.1 Å². The molecule has 0 amide bonds. The van der Waals surface area contributed by atoms with Gasteiger partial charge in [0, 0.05) is 16.3 Å². The van der Waals surface area contributed by atoms with Gasteiger partial charge in [-0.05, 0) is 29.8 Å². The molecule has 2 nitrogen and oxygen atoms in total.